The summed E-state index contributed by atoms with van der Waals surface area (Å²) >= 11 is 5.10. The third-order valence-electron chi connectivity index (χ3n) is 4.32. The van der Waals surface area contributed by atoms with E-state index in [1.54, 1.807) is 12.1 Å². The number of thiocarbonyl (C=S) groups is 1. The molecule has 1 heterocycles. The van der Waals surface area contributed by atoms with Gasteiger partial charge in [0.1, 0.15) is 0 Å². The lowest BCUT2D eigenvalue weighted by molar-refractivity contribution is -0.139. The van der Waals surface area contributed by atoms with Crippen LogP contribution in [-0.2, 0) is 10.5 Å². The van der Waals surface area contributed by atoms with Crippen molar-refractivity contribution in [1.82, 2.24) is 5.32 Å². The van der Waals surface area contributed by atoms with E-state index in [0.29, 0.717) is 12.0 Å². The highest BCUT2D eigenvalue weighted by Gasteiger charge is 2.46. The highest BCUT2D eigenvalue weighted by molar-refractivity contribution is 7.80. The van der Waals surface area contributed by atoms with Gasteiger partial charge in [0.2, 0.25) is 5.91 Å². The van der Waals surface area contributed by atoms with Gasteiger partial charge in [-0.3, -0.25) is 4.79 Å². The first-order valence-electron chi connectivity index (χ1n) is 7.45. The van der Waals surface area contributed by atoms with Crippen molar-refractivity contribution >= 4 is 23.1 Å². The Hall–Kier alpha value is -2.24. The molecule has 0 saturated carbocycles. The minimum atomic E-state index is -1.43. The van der Waals surface area contributed by atoms with E-state index in [1.807, 2.05) is 48.5 Å². The lowest BCUT2D eigenvalue weighted by Crippen LogP contribution is -2.57. The summed E-state index contributed by atoms with van der Waals surface area (Å²) in [7, 11) is 0. The zero-order valence-electron chi connectivity index (χ0n) is 12.5. The van der Waals surface area contributed by atoms with Gasteiger partial charge in [-0.05, 0) is 5.56 Å². The number of hydrogen-bond acceptors (Lipinski definition) is 3. The van der Waals surface area contributed by atoms with Crippen LogP contribution < -0.4 is 11.1 Å². The molecule has 1 aliphatic heterocycles. The summed E-state index contributed by atoms with van der Waals surface area (Å²) in [5.74, 6) is -1.24. The fourth-order valence-corrected chi connectivity index (χ4v) is 3.46. The molecule has 0 bridgehead atoms. The summed E-state index contributed by atoms with van der Waals surface area (Å²) in [6, 6.07) is 18.7. The standard InChI is InChI=1S/C18H18N2O2S/c19-16(23)15-14(12-7-3-1-4-8-12)11-18(22,20-17(15)21)13-9-5-2-6-10-13/h1-10,14-15,22H,11H2,(H2,19,23)(H,20,21). The summed E-state index contributed by atoms with van der Waals surface area (Å²) in [4.78, 5) is 12.7. The van der Waals surface area contributed by atoms with Crippen molar-refractivity contribution in [3.05, 3.63) is 71.8 Å². The quantitative estimate of drug-likeness (QED) is 0.755. The molecule has 0 spiro atoms. The predicted octanol–water partition coefficient (Wildman–Crippen LogP) is 2.04. The third kappa shape index (κ3) is 2.98. The van der Waals surface area contributed by atoms with E-state index in [4.69, 9.17) is 18.0 Å². The Balaban J connectivity index is 2.03. The molecule has 0 radical (unpaired) electrons. The number of rotatable bonds is 3. The van der Waals surface area contributed by atoms with Gasteiger partial charge in [-0.2, -0.15) is 0 Å². The average Bonchev–Trinajstić information content (AvgIpc) is 2.55. The van der Waals surface area contributed by atoms with Gasteiger partial charge >= 0.3 is 0 Å². The van der Waals surface area contributed by atoms with Crippen molar-refractivity contribution in [3.63, 3.8) is 0 Å². The van der Waals surface area contributed by atoms with Crippen LogP contribution in [-0.4, -0.2) is 16.0 Å². The van der Waals surface area contributed by atoms with E-state index in [0.717, 1.165) is 5.56 Å². The third-order valence-corrected chi connectivity index (χ3v) is 4.57. The van der Waals surface area contributed by atoms with Gasteiger partial charge < -0.3 is 16.2 Å². The molecule has 23 heavy (non-hydrogen) atoms. The maximum absolute atomic E-state index is 12.6. The number of nitrogens with one attached hydrogen (secondary N) is 1. The maximum Gasteiger partial charge on any atom is 0.233 e. The van der Waals surface area contributed by atoms with Crippen molar-refractivity contribution in [2.45, 2.75) is 18.1 Å². The van der Waals surface area contributed by atoms with Crippen molar-refractivity contribution in [1.29, 1.82) is 0 Å². The maximum atomic E-state index is 12.6. The molecule has 3 unspecified atom stereocenters. The van der Waals surface area contributed by atoms with Crippen LogP contribution in [0.3, 0.4) is 0 Å². The second kappa shape index (κ2) is 6.10. The molecule has 2 aromatic rings. The minimum Gasteiger partial charge on any atom is -0.393 e. The summed E-state index contributed by atoms with van der Waals surface area (Å²) in [6.07, 6.45) is 0.314. The van der Waals surface area contributed by atoms with Crippen LogP contribution in [0.15, 0.2) is 60.7 Å². The fraction of sp³-hybridized carbons (Fsp3) is 0.222. The predicted molar refractivity (Wildman–Crippen MR) is 92.6 cm³/mol. The highest BCUT2D eigenvalue weighted by Crippen LogP contribution is 2.40. The molecule has 5 heteroatoms. The summed E-state index contributed by atoms with van der Waals surface area (Å²) in [5, 5.41) is 13.7. The molecule has 0 aliphatic carbocycles. The second-order valence-electron chi connectivity index (χ2n) is 5.82. The number of carbonyl (C=O) groups excluding carboxylic acids is 1. The zero-order valence-corrected chi connectivity index (χ0v) is 13.3. The largest absolute Gasteiger partial charge is 0.393 e. The van der Waals surface area contributed by atoms with Crippen molar-refractivity contribution in [2.75, 3.05) is 0 Å². The Morgan fingerprint density at radius 1 is 1.13 bits per heavy atom. The van der Waals surface area contributed by atoms with Gasteiger partial charge in [0.05, 0.1) is 10.9 Å². The van der Waals surface area contributed by atoms with Gasteiger partial charge in [0, 0.05) is 17.9 Å². The number of nitrogens with two attached hydrogens (primary N) is 1. The van der Waals surface area contributed by atoms with Crippen LogP contribution in [0.1, 0.15) is 23.5 Å². The van der Waals surface area contributed by atoms with Crippen LogP contribution >= 0.6 is 12.2 Å². The lowest BCUT2D eigenvalue weighted by atomic mass is 9.75. The first kappa shape index (κ1) is 15.6. The van der Waals surface area contributed by atoms with Crippen molar-refractivity contribution in [3.8, 4) is 0 Å². The molecule has 1 fully saturated rings. The fourth-order valence-electron chi connectivity index (χ4n) is 3.19. The minimum absolute atomic E-state index is 0.145. The Labute approximate surface area is 140 Å². The van der Waals surface area contributed by atoms with E-state index in [1.165, 1.54) is 0 Å². The lowest BCUT2D eigenvalue weighted by Gasteiger charge is -2.41. The molecule has 1 aliphatic rings. The number of amides is 1. The number of carbonyl (C=O) groups is 1. The number of piperidine rings is 1. The molecule has 4 nitrogen and oxygen atoms in total. The van der Waals surface area contributed by atoms with Gasteiger partial charge in [-0.1, -0.05) is 72.9 Å². The van der Waals surface area contributed by atoms with Gasteiger partial charge in [0.15, 0.2) is 5.72 Å². The molecule has 118 valence electrons. The topological polar surface area (TPSA) is 75.4 Å². The highest BCUT2D eigenvalue weighted by atomic mass is 32.1. The molecule has 2 aromatic carbocycles. The van der Waals surface area contributed by atoms with Crippen molar-refractivity contribution < 1.29 is 9.90 Å². The summed E-state index contributed by atoms with van der Waals surface area (Å²) in [6.45, 7) is 0. The number of hydrogen-bond donors (Lipinski definition) is 3. The van der Waals surface area contributed by atoms with Gasteiger partial charge in [-0.15, -0.1) is 0 Å². The van der Waals surface area contributed by atoms with Crippen LogP contribution in [0.25, 0.3) is 0 Å². The van der Waals surface area contributed by atoms with E-state index in [-0.39, 0.29) is 16.8 Å². The Morgan fingerprint density at radius 3 is 2.26 bits per heavy atom. The molecule has 0 aromatic heterocycles. The second-order valence-corrected chi connectivity index (χ2v) is 6.29. The van der Waals surface area contributed by atoms with Crippen LogP contribution in [0.2, 0.25) is 0 Å². The molecule has 1 amide bonds. The smallest absolute Gasteiger partial charge is 0.233 e. The summed E-state index contributed by atoms with van der Waals surface area (Å²) < 4.78 is 0. The normalized spacial score (nSPS) is 27.3. The average molecular weight is 326 g/mol. The molecular formula is C18H18N2O2S. The van der Waals surface area contributed by atoms with E-state index in [2.05, 4.69) is 5.32 Å². The Morgan fingerprint density at radius 2 is 1.70 bits per heavy atom. The molecular weight excluding hydrogens is 308 g/mol. The Kier molecular flexibility index (Phi) is 4.15. The van der Waals surface area contributed by atoms with Crippen molar-refractivity contribution in [2.24, 2.45) is 11.7 Å². The van der Waals surface area contributed by atoms with Crippen LogP contribution in [0.4, 0.5) is 0 Å². The molecule has 4 N–H and O–H groups in total. The Bertz CT molecular complexity index is 720. The number of benzene rings is 2. The van der Waals surface area contributed by atoms with E-state index in [9.17, 15) is 9.90 Å². The van der Waals surface area contributed by atoms with Crippen LogP contribution in [0.5, 0.6) is 0 Å². The van der Waals surface area contributed by atoms with E-state index >= 15 is 0 Å². The first-order valence-corrected chi connectivity index (χ1v) is 7.86. The van der Waals surface area contributed by atoms with E-state index < -0.39 is 11.6 Å². The molecule has 3 atom stereocenters. The number of aliphatic hydroxyl groups is 1. The molecule has 3 rings (SSSR count). The summed E-state index contributed by atoms with van der Waals surface area (Å²) in [5.41, 5.74) is 5.96. The zero-order chi connectivity index (χ0) is 16.4. The van der Waals surface area contributed by atoms with Crippen LogP contribution in [0, 0.1) is 5.92 Å². The molecule has 1 saturated heterocycles. The SMILES string of the molecule is NC(=S)C1C(=O)NC(O)(c2ccccc2)CC1c1ccccc1. The first-order chi connectivity index (χ1) is 11.0. The van der Waals surface area contributed by atoms with Gasteiger partial charge in [0.25, 0.3) is 0 Å². The monoisotopic (exact) mass is 326 g/mol. The van der Waals surface area contributed by atoms with Gasteiger partial charge in [-0.25, -0.2) is 0 Å².